The number of benzene rings is 1. The second-order valence-corrected chi connectivity index (χ2v) is 8.53. The van der Waals surface area contributed by atoms with Crippen molar-refractivity contribution in [1.29, 1.82) is 0 Å². The minimum atomic E-state index is -0.521. The molecule has 1 fully saturated rings. The average molecular weight is 438 g/mol. The van der Waals surface area contributed by atoms with Gasteiger partial charge in [-0.05, 0) is 24.6 Å². The van der Waals surface area contributed by atoms with Crippen LogP contribution in [0.3, 0.4) is 0 Å². The molecule has 3 aromatic heterocycles. The van der Waals surface area contributed by atoms with Crippen LogP contribution in [0.1, 0.15) is 18.5 Å². The Morgan fingerprint density at radius 3 is 2.87 bits per heavy atom. The molecule has 5 rings (SSSR count). The maximum atomic E-state index is 14.2. The van der Waals surface area contributed by atoms with Crippen LogP contribution < -0.4 is 10.5 Å². The summed E-state index contributed by atoms with van der Waals surface area (Å²) < 4.78 is 22.8. The van der Waals surface area contributed by atoms with Crippen LogP contribution >= 0.6 is 11.3 Å². The van der Waals surface area contributed by atoms with Crippen molar-refractivity contribution in [2.24, 2.45) is 7.05 Å². The van der Waals surface area contributed by atoms with Crippen LogP contribution in [0.25, 0.3) is 20.9 Å². The highest BCUT2D eigenvalue weighted by Crippen LogP contribution is 2.39. The Kier molecular flexibility index (Phi) is 4.82. The van der Waals surface area contributed by atoms with Crippen LogP contribution in [-0.4, -0.2) is 31.9 Å². The molecule has 1 aliphatic rings. The molecule has 1 aromatic carbocycles. The van der Waals surface area contributed by atoms with Crippen molar-refractivity contribution in [3.63, 3.8) is 0 Å². The normalized spacial score (nSPS) is 14.0. The minimum Gasteiger partial charge on any atom is -0.453 e. The molecule has 1 amide bonds. The number of aromatic nitrogens is 3. The van der Waals surface area contributed by atoms with Gasteiger partial charge in [-0.25, -0.2) is 9.37 Å². The predicted octanol–water partition coefficient (Wildman–Crippen LogP) is 4.33. The Balaban J connectivity index is 1.47. The molecule has 0 unspecified atom stereocenters. The van der Waals surface area contributed by atoms with E-state index >= 15 is 0 Å². The lowest BCUT2D eigenvalue weighted by Gasteiger charge is -2.15. The van der Waals surface area contributed by atoms with Crippen LogP contribution in [0.5, 0.6) is 11.5 Å². The fraction of sp³-hybridized carbons (Fsp3) is 0.227. The fourth-order valence-corrected chi connectivity index (χ4v) is 4.81. The number of thiophene rings is 1. The van der Waals surface area contributed by atoms with Crippen molar-refractivity contribution < 1.29 is 13.9 Å². The van der Waals surface area contributed by atoms with Gasteiger partial charge in [0.15, 0.2) is 11.6 Å². The second kappa shape index (κ2) is 7.66. The predicted molar refractivity (Wildman–Crippen MR) is 117 cm³/mol. The summed E-state index contributed by atoms with van der Waals surface area (Å²) in [5.74, 6) is 1.07. The number of carbonyl (C=O) groups excluding carboxylic acids is 1. The zero-order valence-electron chi connectivity index (χ0n) is 16.8. The van der Waals surface area contributed by atoms with Crippen molar-refractivity contribution >= 4 is 33.1 Å². The van der Waals surface area contributed by atoms with Gasteiger partial charge in [-0.3, -0.25) is 9.78 Å². The van der Waals surface area contributed by atoms with Gasteiger partial charge in [-0.2, -0.15) is 0 Å². The maximum absolute atomic E-state index is 14.2. The quantitative estimate of drug-likeness (QED) is 0.470. The first-order valence-corrected chi connectivity index (χ1v) is 10.7. The number of halogens is 1. The standard InChI is InChI=1S/C22H20FN5O2S/c1-27-14(12-28-8-2-3-20(28)29)11-26-22(27)19-10-16-21(31-19)18(6-7-25-16)30-17-5-4-13(24)9-15(17)23/h4-7,9-11H,2-3,8,12,24H2,1H3. The summed E-state index contributed by atoms with van der Waals surface area (Å²) in [7, 11) is 1.94. The molecule has 0 atom stereocenters. The molecule has 0 radical (unpaired) electrons. The van der Waals surface area contributed by atoms with Gasteiger partial charge in [-0.1, -0.05) is 0 Å². The summed E-state index contributed by atoms with van der Waals surface area (Å²) in [4.78, 5) is 23.7. The van der Waals surface area contributed by atoms with Crippen molar-refractivity contribution in [3.8, 4) is 22.2 Å². The second-order valence-electron chi connectivity index (χ2n) is 7.48. The summed E-state index contributed by atoms with van der Waals surface area (Å²) in [6, 6.07) is 7.99. The van der Waals surface area contributed by atoms with Crippen molar-refractivity contribution in [2.45, 2.75) is 19.4 Å². The lowest BCUT2D eigenvalue weighted by atomic mass is 10.3. The molecule has 4 heterocycles. The van der Waals surface area contributed by atoms with E-state index in [4.69, 9.17) is 10.5 Å². The molecule has 1 aliphatic heterocycles. The van der Waals surface area contributed by atoms with Crippen LogP contribution in [0.2, 0.25) is 0 Å². The highest BCUT2D eigenvalue weighted by molar-refractivity contribution is 7.22. The summed E-state index contributed by atoms with van der Waals surface area (Å²) >= 11 is 1.48. The van der Waals surface area contributed by atoms with E-state index in [9.17, 15) is 9.18 Å². The van der Waals surface area contributed by atoms with Gasteiger partial charge in [0.25, 0.3) is 0 Å². The number of nitrogens with two attached hydrogens (primary N) is 1. The maximum Gasteiger partial charge on any atom is 0.222 e. The lowest BCUT2D eigenvalue weighted by Crippen LogP contribution is -2.25. The van der Waals surface area contributed by atoms with Crippen LogP contribution in [0, 0.1) is 5.82 Å². The van der Waals surface area contributed by atoms with Gasteiger partial charge in [0, 0.05) is 44.0 Å². The SMILES string of the molecule is Cn1c(CN2CCCC2=O)cnc1-c1cc2nccc(Oc3ccc(N)cc3F)c2s1. The largest absolute Gasteiger partial charge is 0.453 e. The highest BCUT2D eigenvalue weighted by Gasteiger charge is 2.22. The molecule has 9 heteroatoms. The Morgan fingerprint density at radius 1 is 1.23 bits per heavy atom. The summed E-state index contributed by atoms with van der Waals surface area (Å²) in [6.45, 7) is 1.34. The number of pyridine rings is 1. The average Bonchev–Trinajstić information content (AvgIpc) is 3.44. The third kappa shape index (κ3) is 3.61. The minimum absolute atomic E-state index is 0.103. The van der Waals surface area contributed by atoms with E-state index in [2.05, 4.69) is 9.97 Å². The topological polar surface area (TPSA) is 86.3 Å². The van der Waals surface area contributed by atoms with Crippen molar-refractivity contribution in [3.05, 3.63) is 54.2 Å². The third-order valence-corrected chi connectivity index (χ3v) is 6.52. The first kappa shape index (κ1) is 19.5. The first-order valence-electron chi connectivity index (χ1n) is 9.90. The monoisotopic (exact) mass is 437 g/mol. The number of nitrogen functional groups attached to an aromatic ring is 1. The third-order valence-electron chi connectivity index (χ3n) is 5.38. The van der Waals surface area contributed by atoms with E-state index in [0.29, 0.717) is 24.4 Å². The summed E-state index contributed by atoms with van der Waals surface area (Å²) in [5.41, 5.74) is 7.67. The molecule has 4 aromatic rings. The molecule has 0 saturated carbocycles. The Hall–Kier alpha value is -3.46. The van der Waals surface area contributed by atoms with Gasteiger partial charge in [0.05, 0.1) is 33.5 Å². The van der Waals surface area contributed by atoms with Gasteiger partial charge in [-0.15, -0.1) is 11.3 Å². The fourth-order valence-electron chi connectivity index (χ4n) is 3.71. The number of fused-ring (bicyclic) bond motifs is 1. The van der Waals surface area contributed by atoms with Crippen molar-refractivity contribution in [2.75, 3.05) is 12.3 Å². The Bertz CT molecular complexity index is 1300. The zero-order chi connectivity index (χ0) is 21.5. The molecule has 158 valence electrons. The smallest absolute Gasteiger partial charge is 0.222 e. The number of hydrogen-bond acceptors (Lipinski definition) is 6. The van der Waals surface area contributed by atoms with Crippen LogP contribution in [0.4, 0.5) is 10.1 Å². The van der Waals surface area contributed by atoms with Gasteiger partial charge in [0.1, 0.15) is 11.6 Å². The molecule has 0 bridgehead atoms. The molecule has 0 aliphatic carbocycles. The van der Waals surface area contributed by atoms with E-state index in [1.807, 2.05) is 22.6 Å². The number of anilines is 1. The van der Waals surface area contributed by atoms with Crippen molar-refractivity contribution in [1.82, 2.24) is 19.4 Å². The molecule has 1 saturated heterocycles. The zero-order valence-corrected chi connectivity index (χ0v) is 17.7. The number of hydrogen-bond donors (Lipinski definition) is 1. The van der Waals surface area contributed by atoms with Gasteiger partial charge in [0.2, 0.25) is 5.91 Å². The Morgan fingerprint density at radius 2 is 2.10 bits per heavy atom. The molecular formula is C22H20FN5O2S. The number of likely N-dealkylation sites (tertiary alicyclic amines) is 1. The number of rotatable bonds is 5. The Labute approximate surface area is 181 Å². The molecule has 2 N–H and O–H groups in total. The van der Waals surface area contributed by atoms with Crippen LogP contribution in [-0.2, 0) is 18.4 Å². The molecule has 0 spiro atoms. The number of amides is 1. The number of ether oxygens (including phenoxy) is 1. The first-order chi connectivity index (χ1) is 15.0. The van der Waals surface area contributed by atoms with Gasteiger partial charge >= 0.3 is 0 Å². The number of imidazole rings is 1. The van der Waals surface area contributed by atoms with Gasteiger partial charge < -0.3 is 19.9 Å². The van der Waals surface area contributed by atoms with E-state index < -0.39 is 5.82 Å². The van der Waals surface area contributed by atoms with E-state index in [-0.39, 0.29) is 11.7 Å². The number of carbonyl (C=O) groups is 1. The summed E-state index contributed by atoms with van der Waals surface area (Å²) in [6.07, 6.45) is 4.96. The lowest BCUT2D eigenvalue weighted by molar-refractivity contribution is -0.128. The van der Waals surface area contributed by atoms with E-state index in [1.54, 1.807) is 24.5 Å². The van der Waals surface area contributed by atoms with Crippen LogP contribution in [0.15, 0.2) is 42.7 Å². The molecule has 7 nitrogen and oxygen atoms in total. The molecular weight excluding hydrogens is 417 g/mol. The summed E-state index contributed by atoms with van der Waals surface area (Å²) in [5, 5.41) is 0. The number of nitrogens with zero attached hydrogens (tertiary/aromatic N) is 4. The van der Waals surface area contributed by atoms with E-state index in [0.717, 1.165) is 39.6 Å². The van der Waals surface area contributed by atoms with E-state index in [1.165, 1.54) is 23.5 Å². The molecule has 31 heavy (non-hydrogen) atoms. The highest BCUT2D eigenvalue weighted by atomic mass is 32.1.